The normalized spacial score (nSPS) is 12.6. The lowest BCUT2D eigenvalue weighted by Crippen LogP contribution is -2.18. The van der Waals surface area contributed by atoms with Crippen LogP contribution in [0.2, 0.25) is 0 Å². The van der Waals surface area contributed by atoms with E-state index in [1.165, 1.54) is 0 Å². The number of hydrogen-bond acceptors (Lipinski definition) is 2. The van der Waals surface area contributed by atoms with E-state index in [1.54, 1.807) is 0 Å². The van der Waals surface area contributed by atoms with Crippen LogP contribution in [-0.2, 0) is 12.8 Å². The molecule has 0 heterocycles. The van der Waals surface area contributed by atoms with Crippen molar-refractivity contribution in [2.24, 2.45) is 0 Å². The average molecular weight is 397 g/mol. The van der Waals surface area contributed by atoms with E-state index in [0.29, 0.717) is 24.0 Å². The molecule has 1 rings (SSSR count). The predicted octanol–water partition coefficient (Wildman–Crippen LogP) is 7.57. The molecule has 0 aliphatic heterocycles. The maximum absolute atomic E-state index is 15.6. The van der Waals surface area contributed by atoms with Gasteiger partial charge in [0.25, 0.3) is 0 Å². The summed E-state index contributed by atoms with van der Waals surface area (Å²) in [7, 11) is 0. The monoisotopic (exact) mass is 396 g/mol. The van der Waals surface area contributed by atoms with E-state index >= 15 is 4.39 Å². The van der Waals surface area contributed by atoms with E-state index in [-0.39, 0.29) is 11.4 Å². The second-order valence-corrected chi connectivity index (χ2v) is 7.89. The number of nitrogens with two attached hydrogens (primary N) is 1. The van der Waals surface area contributed by atoms with Crippen LogP contribution in [-0.4, -0.2) is 5.71 Å². The summed E-state index contributed by atoms with van der Waals surface area (Å²) in [6.45, 7) is 22.0. The van der Waals surface area contributed by atoms with E-state index in [4.69, 9.17) is 11.1 Å². The van der Waals surface area contributed by atoms with Crippen LogP contribution in [0.1, 0.15) is 84.6 Å². The average Bonchev–Trinajstić information content (AvgIpc) is 2.67. The van der Waals surface area contributed by atoms with E-state index in [0.717, 1.165) is 44.6 Å². The van der Waals surface area contributed by atoms with Crippen molar-refractivity contribution in [1.82, 2.24) is 0 Å². The van der Waals surface area contributed by atoms with Gasteiger partial charge in [0.15, 0.2) is 5.82 Å². The van der Waals surface area contributed by atoms with Gasteiger partial charge in [-0.15, -0.1) is 0 Å². The molecule has 0 unspecified atom stereocenters. The van der Waals surface area contributed by atoms with Crippen molar-refractivity contribution in [3.8, 4) is 0 Å². The molecular weight excluding hydrogens is 359 g/mol. The Labute approximate surface area is 176 Å². The summed E-state index contributed by atoms with van der Waals surface area (Å²) in [5, 5.41) is 9.10. The van der Waals surface area contributed by atoms with Crippen LogP contribution in [0, 0.1) is 11.2 Å². The molecule has 0 aliphatic rings. The molecule has 29 heavy (non-hydrogen) atoms. The second kappa shape index (κ2) is 9.87. The maximum atomic E-state index is 15.6. The van der Waals surface area contributed by atoms with Crippen LogP contribution in [0.25, 0.3) is 5.57 Å². The number of nitrogen functional groups attached to an aromatic ring is 1. The van der Waals surface area contributed by atoms with Crippen molar-refractivity contribution in [2.45, 2.75) is 75.2 Å². The van der Waals surface area contributed by atoms with Gasteiger partial charge >= 0.3 is 0 Å². The van der Waals surface area contributed by atoms with Gasteiger partial charge in [0.05, 0.1) is 11.4 Å². The number of benzene rings is 1. The van der Waals surface area contributed by atoms with Crippen LogP contribution in [0.5, 0.6) is 0 Å². The fourth-order valence-electron chi connectivity index (χ4n) is 3.81. The minimum Gasteiger partial charge on any atom is -0.396 e. The summed E-state index contributed by atoms with van der Waals surface area (Å²) >= 11 is 0. The number of hydrogen-bond donors (Lipinski definition) is 2. The topological polar surface area (TPSA) is 49.9 Å². The van der Waals surface area contributed by atoms with Gasteiger partial charge in [-0.25, -0.2) is 4.39 Å². The standard InChI is InChI=1S/C26H37FN2/c1-11-16(8)18(10)22(17(9)14(4)5)25(28)23-20(13-3)19(12-2)21(15(6)7)26(29)24(23)27/h11,28H,6,12-13,29H2,1-5,7-10H3/b16-11-,22-18-,28-25?. The van der Waals surface area contributed by atoms with Crippen molar-refractivity contribution in [3.63, 3.8) is 0 Å². The Morgan fingerprint density at radius 1 is 0.966 bits per heavy atom. The van der Waals surface area contributed by atoms with Gasteiger partial charge in [-0.3, -0.25) is 5.41 Å². The number of rotatable bonds is 7. The quantitative estimate of drug-likeness (QED) is 0.279. The molecule has 0 atom stereocenters. The SMILES string of the molecule is C=C(C)c1c(N)c(F)c(C(=N)/C(C(C)=C(C)C)=C(C)\C(C)=C/C)c(CC)c1CC. The van der Waals surface area contributed by atoms with Gasteiger partial charge in [-0.05, 0) is 89.2 Å². The summed E-state index contributed by atoms with van der Waals surface area (Å²) in [5.41, 5.74) is 15.1. The minimum absolute atomic E-state index is 0.0981. The first-order valence-electron chi connectivity index (χ1n) is 10.3. The first-order chi connectivity index (χ1) is 13.5. The molecule has 0 aromatic heterocycles. The number of halogens is 1. The Bertz CT molecular complexity index is 936. The first kappa shape index (κ1) is 24.6. The molecule has 1 aromatic carbocycles. The maximum Gasteiger partial charge on any atom is 0.156 e. The zero-order valence-corrected chi connectivity index (χ0v) is 19.7. The third-order valence-electron chi connectivity index (χ3n) is 5.85. The lowest BCUT2D eigenvalue weighted by Gasteiger charge is -2.24. The molecule has 3 heteroatoms. The molecule has 3 N–H and O–H groups in total. The Hall–Kier alpha value is -2.42. The van der Waals surface area contributed by atoms with E-state index in [2.05, 4.69) is 6.58 Å². The second-order valence-electron chi connectivity index (χ2n) is 7.89. The van der Waals surface area contributed by atoms with E-state index in [9.17, 15) is 0 Å². The van der Waals surface area contributed by atoms with E-state index in [1.807, 2.05) is 68.4 Å². The number of anilines is 1. The highest BCUT2D eigenvalue weighted by molar-refractivity contribution is 6.16. The highest BCUT2D eigenvalue weighted by Crippen LogP contribution is 2.37. The van der Waals surface area contributed by atoms with Crippen LogP contribution in [0.4, 0.5) is 10.1 Å². The van der Waals surface area contributed by atoms with Crippen LogP contribution < -0.4 is 5.73 Å². The van der Waals surface area contributed by atoms with Gasteiger partial charge in [0.2, 0.25) is 0 Å². The Morgan fingerprint density at radius 2 is 1.45 bits per heavy atom. The molecule has 158 valence electrons. The summed E-state index contributed by atoms with van der Waals surface area (Å²) in [5.74, 6) is -0.507. The van der Waals surface area contributed by atoms with Crippen molar-refractivity contribution in [3.05, 3.63) is 68.6 Å². The van der Waals surface area contributed by atoms with Crippen LogP contribution in [0.15, 0.2) is 40.5 Å². The van der Waals surface area contributed by atoms with Crippen molar-refractivity contribution >= 4 is 17.0 Å². The number of allylic oxidation sites excluding steroid dienone is 7. The molecule has 0 radical (unpaired) electrons. The molecule has 0 spiro atoms. The fraction of sp³-hybridized carbons (Fsp3) is 0.423. The van der Waals surface area contributed by atoms with Gasteiger partial charge in [-0.2, -0.15) is 0 Å². The van der Waals surface area contributed by atoms with Gasteiger partial charge in [-0.1, -0.05) is 37.6 Å². The van der Waals surface area contributed by atoms with Crippen LogP contribution >= 0.6 is 0 Å². The summed E-state index contributed by atoms with van der Waals surface area (Å²) in [4.78, 5) is 0. The first-order valence-corrected chi connectivity index (χ1v) is 10.3. The Kier molecular flexibility index (Phi) is 8.37. The van der Waals surface area contributed by atoms with Gasteiger partial charge < -0.3 is 5.73 Å². The smallest absolute Gasteiger partial charge is 0.156 e. The zero-order chi connectivity index (χ0) is 22.6. The molecule has 0 saturated heterocycles. The Balaban J connectivity index is 4.12. The lowest BCUT2D eigenvalue weighted by molar-refractivity contribution is 0.626. The summed E-state index contributed by atoms with van der Waals surface area (Å²) in [6.07, 6.45) is 3.36. The predicted molar refractivity (Wildman–Crippen MR) is 127 cm³/mol. The largest absolute Gasteiger partial charge is 0.396 e. The third-order valence-corrected chi connectivity index (χ3v) is 5.85. The third kappa shape index (κ3) is 4.60. The zero-order valence-electron chi connectivity index (χ0n) is 19.7. The van der Waals surface area contributed by atoms with Crippen molar-refractivity contribution in [1.29, 1.82) is 5.41 Å². The lowest BCUT2D eigenvalue weighted by atomic mass is 9.81. The molecule has 1 aromatic rings. The van der Waals surface area contributed by atoms with Crippen molar-refractivity contribution in [2.75, 3.05) is 5.73 Å². The molecule has 0 aliphatic carbocycles. The summed E-state index contributed by atoms with van der Waals surface area (Å²) in [6, 6.07) is 0. The Morgan fingerprint density at radius 3 is 1.83 bits per heavy atom. The summed E-state index contributed by atoms with van der Waals surface area (Å²) < 4.78 is 15.6. The minimum atomic E-state index is -0.507. The highest BCUT2D eigenvalue weighted by Gasteiger charge is 2.26. The molecule has 0 amide bonds. The van der Waals surface area contributed by atoms with E-state index < -0.39 is 5.82 Å². The van der Waals surface area contributed by atoms with Gasteiger partial charge in [0.1, 0.15) is 0 Å². The highest BCUT2D eigenvalue weighted by atomic mass is 19.1. The van der Waals surface area contributed by atoms with Crippen LogP contribution in [0.3, 0.4) is 0 Å². The molecule has 0 saturated carbocycles. The number of nitrogens with one attached hydrogen (secondary N) is 1. The fourth-order valence-corrected chi connectivity index (χ4v) is 3.81. The molecule has 0 fully saturated rings. The molecule has 2 nitrogen and oxygen atoms in total. The molecular formula is C26H37FN2. The van der Waals surface area contributed by atoms with Gasteiger partial charge in [0, 0.05) is 16.7 Å². The van der Waals surface area contributed by atoms with Crippen molar-refractivity contribution < 1.29 is 4.39 Å². The molecule has 0 bridgehead atoms.